The average molecular weight is 648 g/mol. The lowest BCUT2D eigenvalue weighted by atomic mass is 9.91. The van der Waals surface area contributed by atoms with Crippen molar-refractivity contribution in [3.63, 3.8) is 0 Å². The van der Waals surface area contributed by atoms with Crippen molar-refractivity contribution < 1.29 is 37.0 Å². The summed E-state index contributed by atoms with van der Waals surface area (Å²) in [4.78, 5) is 28.6. The molecule has 14 heteroatoms. The highest BCUT2D eigenvalue weighted by atomic mass is 79.9. The minimum Gasteiger partial charge on any atom is -0.487 e. The summed E-state index contributed by atoms with van der Waals surface area (Å²) in [6, 6.07) is 7.16. The second kappa shape index (κ2) is 11.1. The molecule has 218 valence electrons. The van der Waals surface area contributed by atoms with Crippen molar-refractivity contribution in [3.05, 3.63) is 92.8 Å². The van der Waals surface area contributed by atoms with Crippen LogP contribution in [0, 0.1) is 5.82 Å². The highest BCUT2D eigenvalue weighted by Gasteiger charge is 2.39. The second-order valence-corrected chi connectivity index (χ2v) is 10.3. The van der Waals surface area contributed by atoms with Crippen molar-refractivity contribution in [3.8, 4) is 16.9 Å². The lowest BCUT2D eigenvalue weighted by Crippen LogP contribution is -2.26. The number of amides is 1. The van der Waals surface area contributed by atoms with Gasteiger partial charge in [0.1, 0.15) is 18.2 Å². The number of benzene rings is 2. The van der Waals surface area contributed by atoms with Crippen LogP contribution in [0.25, 0.3) is 17.2 Å². The van der Waals surface area contributed by atoms with Gasteiger partial charge in [0.2, 0.25) is 5.62 Å². The molecule has 1 aliphatic heterocycles. The molecule has 0 radical (unpaired) electrons. The van der Waals surface area contributed by atoms with E-state index in [2.05, 4.69) is 26.0 Å². The van der Waals surface area contributed by atoms with Crippen molar-refractivity contribution in [2.45, 2.75) is 26.2 Å². The SMILES string of the molecule is CCn1cc(-c2cc(Cn3ccn(C)/c3=N/C(=O)O)cc3c2OC/C(=C\c2ccc(F)c(Br)c2)C3=O)c(C(F)(F)F)n1. The highest BCUT2D eigenvalue weighted by Crippen LogP contribution is 2.44. The lowest BCUT2D eigenvalue weighted by Gasteiger charge is -2.23. The van der Waals surface area contributed by atoms with Crippen LogP contribution in [0.15, 0.2) is 64.0 Å². The Kier molecular flexibility index (Phi) is 7.66. The van der Waals surface area contributed by atoms with Gasteiger partial charge in [0.05, 0.1) is 16.6 Å². The Balaban J connectivity index is 1.70. The van der Waals surface area contributed by atoms with Gasteiger partial charge in [-0.3, -0.25) is 9.48 Å². The van der Waals surface area contributed by atoms with Gasteiger partial charge in [0.15, 0.2) is 11.5 Å². The van der Waals surface area contributed by atoms with Crippen molar-refractivity contribution in [1.29, 1.82) is 0 Å². The number of carboxylic acid groups (broad SMARTS) is 1. The number of nitrogens with zero attached hydrogens (tertiary/aromatic N) is 5. The van der Waals surface area contributed by atoms with Crippen LogP contribution in [0.5, 0.6) is 5.75 Å². The van der Waals surface area contributed by atoms with Gasteiger partial charge in [-0.1, -0.05) is 6.07 Å². The maximum absolute atomic E-state index is 14.1. The maximum Gasteiger partial charge on any atom is 0.435 e. The molecule has 1 amide bonds. The van der Waals surface area contributed by atoms with Crippen LogP contribution in [0.3, 0.4) is 0 Å². The molecule has 5 rings (SSSR count). The molecule has 0 spiro atoms. The van der Waals surface area contributed by atoms with Crippen LogP contribution < -0.4 is 10.4 Å². The van der Waals surface area contributed by atoms with Gasteiger partial charge >= 0.3 is 12.3 Å². The van der Waals surface area contributed by atoms with E-state index >= 15 is 0 Å². The van der Waals surface area contributed by atoms with Gasteiger partial charge in [0, 0.05) is 48.9 Å². The number of rotatable bonds is 5. The highest BCUT2D eigenvalue weighted by molar-refractivity contribution is 9.10. The van der Waals surface area contributed by atoms with Crippen molar-refractivity contribution in [2.75, 3.05) is 6.61 Å². The van der Waals surface area contributed by atoms with Crippen molar-refractivity contribution in [2.24, 2.45) is 12.0 Å². The quantitative estimate of drug-likeness (QED) is 0.214. The van der Waals surface area contributed by atoms with Gasteiger partial charge in [-0.2, -0.15) is 18.3 Å². The number of carbonyl (C=O) groups excluding carboxylic acids is 1. The molecule has 0 saturated heterocycles. The van der Waals surface area contributed by atoms with E-state index < -0.39 is 29.6 Å². The Morgan fingerprint density at radius 2 is 1.93 bits per heavy atom. The van der Waals surface area contributed by atoms with E-state index in [0.29, 0.717) is 11.1 Å². The number of ketones is 1. The molecule has 4 aromatic rings. The van der Waals surface area contributed by atoms with Gasteiger partial charge in [-0.25, -0.2) is 9.18 Å². The number of Topliss-reactive ketones (excluding diaryl/α,β-unsaturated/α-hetero) is 1. The smallest absolute Gasteiger partial charge is 0.435 e. The zero-order valence-electron chi connectivity index (χ0n) is 22.1. The maximum atomic E-state index is 14.1. The van der Waals surface area contributed by atoms with Gasteiger partial charge in [-0.15, -0.1) is 4.99 Å². The first kappa shape index (κ1) is 29.0. The Morgan fingerprint density at radius 1 is 1.19 bits per heavy atom. The summed E-state index contributed by atoms with van der Waals surface area (Å²) in [6.45, 7) is 1.57. The lowest BCUT2D eigenvalue weighted by molar-refractivity contribution is -0.141. The first-order valence-electron chi connectivity index (χ1n) is 12.5. The van der Waals surface area contributed by atoms with E-state index in [-0.39, 0.29) is 57.8 Å². The molecule has 9 nitrogen and oxygen atoms in total. The summed E-state index contributed by atoms with van der Waals surface area (Å²) < 4.78 is 66.2. The number of halogens is 5. The fraction of sp³-hybridized carbons (Fsp3) is 0.214. The number of alkyl halides is 3. The van der Waals surface area contributed by atoms with Crippen LogP contribution >= 0.6 is 15.9 Å². The van der Waals surface area contributed by atoms with Crippen LogP contribution in [0.2, 0.25) is 0 Å². The van der Waals surface area contributed by atoms with E-state index in [1.165, 1.54) is 51.7 Å². The second-order valence-electron chi connectivity index (χ2n) is 9.46. The summed E-state index contributed by atoms with van der Waals surface area (Å²) in [6.07, 6.45) is -0.312. The first-order valence-corrected chi connectivity index (χ1v) is 13.3. The average Bonchev–Trinajstić information content (AvgIpc) is 3.52. The molecule has 2 aromatic carbocycles. The number of fused-ring (bicyclic) bond motifs is 1. The third kappa shape index (κ3) is 5.66. The van der Waals surface area contributed by atoms with Gasteiger partial charge in [0.25, 0.3) is 0 Å². The summed E-state index contributed by atoms with van der Waals surface area (Å²) in [5, 5.41) is 12.9. The number of hydrogen-bond donors (Lipinski definition) is 1. The zero-order chi connectivity index (χ0) is 30.3. The van der Waals surface area contributed by atoms with Crippen molar-refractivity contribution in [1.82, 2.24) is 18.9 Å². The number of ether oxygens (including phenoxy) is 1. The molecule has 1 aliphatic rings. The monoisotopic (exact) mass is 647 g/mol. The van der Waals surface area contributed by atoms with Gasteiger partial charge < -0.3 is 19.0 Å². The molecule has 2 aromatic heterocycles. The standard InChI is InChI=1S/C28H22BrF4N5O4/c1-3-38-13-20(25(35-38)28(31,32)33)18-9-16(12-37-7-6-36(2)26(37)34-27(40)41)10-19-23(39)17(14-42-24(18)19)8-15-4-5-22(30)21(29)11-15/h4-11,13H,3,12,14H2,1-2H3,(H,40,41)/b17-8+,34-26-. The van der Waals surface area contributed by atoms with Crippen LogP contribution in [0.4, 0.5) is 22.4 Å². The molecule has 0 atom stereocenters. The molecule has 3 heterocycles. The Hall–Kier alpha value is -4.46. The molecule has 1 N–H and O–H groups in total. The number of aryl methyl sites for hydroxylation is 2. The third-order valence-electron chi connectivity index (χ3n) is 6.58. The van der Waals surface area contributed by atoms with E-state index in [0.717, 1.165) is 4.68 Å². The molecular formula is C28H22BrF4N5O4. The van der Waals surface area contributed by atoms with Crippen molar-refractivity contribution >= 4 is 33.9 Å². The zero-order valence-corrected chi connectivity index (χ0v) is 23.7. The number of imidazole rings is 1. The topological polar surface area (TPSA) is 104 Å². The predicted octanol–water partition coefficient (Wildman–Crippen LogP) is 5.92. The van der Waals surface area contributed by atoms with Crippen LogP contribution in [0.1, 0.15) is 34.1 Å². The van der Waals surface area contributed by atoms with E-state index in [4.69, 9.17) is 4.74 Å². The van der Waals surface area contributed by atoms with Crippen LogP contribution in [-0.2, 0) is 26.3 Å². The Bertz CT molecular complexity index is 1830. The minimum atomic E-state index is -4.79. The summed E-state index contributed by atoms with van der Waals surface area (Å²) in [5.41, 5.74) is -0.184. The fourth-order valence-electron chi connectivity index (χ4n) is 4.66. The summed E-state index contributed by atoms with van der Waals surface area (Å²) in [7, 11) is 1.59. The molecule has 0 saturated carbocycles. The number of carbonyl (C=O) groups is 2. The predicted molar refractivity (Wildman–Crippen MR) is 146 cm³/mol. The molecular weight excluding hydrogens is 626 g/mol. The Morgan fingerprint density at radius 3 is 2.60 bits per heavy atom. The molecule has 0 fully saturated rings. The summed E-state index contributed by atoms with van der Waals surface area (Å²) in [5.74, 6) is -0.996. The fourth-order valence-corrected chi connectivity index (χ4v) is 5.05. The largest absolute Gasteiger partial charge is 0.487 e. The van der Waals surface area contributed by atoms with E-state index in [1.807, 2.05) is 0 Å². The molecule has 0 aliphatic carbocycles. The summed E-state index contributed by atoms with van der Waals surface area (Å²) >= 11 is 3.11. The van der Waals surface area contributed by atoms with E-state index in [9.17, 15) is 32.3 Å². The molecule has 0 bridgehead atoms. The molecule has 42 heavy (non-hydrogen) atoms. The Labute approximate surface area is 244 Å². The normalized spacial score (nSPS) is 14.8. The molecule has 0 unspecified atom stereocenters. The van der Waals surface area contributed by atoms with Crippen LogP contribution in [-0.4, -0.2) is 42.5 Å². The third-order valence-corrected chi connectivity index (χ3v) is 7.18. The van der Waals surface area contributed by atoms with Gasteiger partial charge in [-0.05, 0) is 64.3 Å². The number of aromatic nitrogens is 4. The number of hydrogen-bond acceptors (Lipinski definition) is 4. The van der Waals surface area contributed by atoms with E-state index in [1.54, 1.807) is 26.4 Å². The first-order chi connectivity index (χ1) is 19.8. The minimum absolute atomic E-state index is 0.0136.